The van der Waals surface area contributed by atoms with Crippen molar-refractivity contribution in [2.24, 2.45) is 4.99 Å². The van der Waals surface area contributed by atoms with Gasteiger partial charge in [0, 0.05) is 31.5 Å². The zero-order chi connectivity index (χ0) is 24.1. The predicted molar refractivity (Wildman–Crippen MR) is 123 cm³/mol. The van der Waals surface area contributed by atoms with E-state index >= 15 is 0 Å². The summed E-state index contributed by atoms with van der Waals surface area (Å²) < 4.78 is 42.9. The topological polar surface area (TPSA) is 53.7 Å². The number of alkyl halides is 3. The van der Waals surface area contributed by atoms with Gasteiger partial charge in [0.1, 0.15) is 17.2 Å². The third-order valence-electron chi connectivity index (χ3n) is 6.93. The molecule has 1 aromatic heterocycles. The van der Waals surface area contributed by atoms with Crippen molar-refractivity contribution in [3.63, 3.8) is 0 Å². The first-order chi connectivity index (χ1) is 16.2. The van der Waals surface area contributed by atoms with Crippen molar-refractivity contribution >= 4 is 17.6 Å². The van der Waals surface area contributed by atoms with Crippen molar-refractivity contribution in [1.82, 2.24) is 19.4 Å². The van der Waals surface area contributed by atoms with Crippen molar-refractivity contribution < 1.29 is 18.0 Å². The highest BCUT2D eigenvalue weighted by atomic mass is 19.4. The van der Waals surface area contributed by atoms with Crippen LogP contribution in [0.1, 0.15) is 39.0 Å². The number of amides is 1. The zero-order valence-corrected chi connectivity index (χ0v) is 19.1. The molecule has 4 heterocycles. The number of carbonyl (C=O) groups excluding carboxylic acids is 1. The molecule has 2 fully saturated rings. The molecule has 3 aliphatic heterocycles. The highest BCUT2D eigenvalue weighted by molar-refractivity contribution is 6.11. The Labute approximate surface area is 196 Å². The lowest BCUT2D eigenvalue weighted by Crippen LogP contribution is -2.64. The van der Waals surface area contributed by atoms with E-state index in [1.54, 1.807) is 18.1 Å². The smallest absolute Gasteiger partial charge is 0.340 e. The van der Waals surface area contributed by atoms with Crippen LogP contribution >= 0.6 is 0 Å². The van der Waals surface area contributed by atoms with Crippen LogP contribution in [0.25, 0.3) is 17.2 Å². The lowest BCUT2D eigenvalue weighted by molar-refractivity contribution is -0.171. The molecular formula is C25H26F3N5O. The number of piperazine rings is 1. The van der Waals surface area contributed by atoms with Gasteiger partial charge in [-0.05, 0) is 31.3 Å². The van der Waals surface area contributed by atoms with Gasteiger partial charge in [0.05, 0.1) is 12.1 Å². The maximum Gasteiger partial charge on any atom is 0.391 e. The van der Waals surface area contributed by atoms with E-state index in [1.807, 2.05) is 54.1 Å². The van der Waals surface area contributed by atoms with E-state index in [9.17, 15) is 18.0 Å². The second kappa shape index (κ2) is 8.14. The number of aliphatic imine (C=N–C) groups is 1. The summed E-state index contributed by atoms with van der Waals surface area (Å²) >= 11 is 0. The lowest BCUT2D eigenvalue weighted by Gasteiger charge is -2.47. The molecular weight excluding hydrogens is 443 g/mol. The predicted octanol–water partition coefficient (Wildman–Crippen LogP) is 5.07. The van der Waals surface area contributed by atoms with Crippen LogP contribution in [-0.4, -0.2) is 56.4 Å². The van der Waals surface area contributed by atoms with Crippen molar-refractivity contribution in [2.45, 2.75) is 50.7 Å². The van der Waals surface area contributed by atoms with Gasteiger partial charge in [0.25, 0.3) is 5.91 Å². The molecule has 0 radical (unpaired) electrons. The van der Waals surface area contributed by atoms with E-state index in [-0.39, 0.29) is 6.42 Å². The van der Waals surface area contributed by atoms with Crippen LogP contribution < -0.4 is 0 Å². The van der Waals surface area contributed by atoms with E-state index in [2.05, 4.69) is 4.98 Å². The number of fused-ring (bicyclic) bond motifs is 3. The minimum atomic E-state index is -4.47. The molecule has 178 valence electrons. The van der Waals surface area contributed by atoms with Gasteiger partial charge in [0.2, 0.25) is 0 Å². The SMILES string of the molecule is CCC1=C(n2ccnc2-c2ccccc2)N=C2C(=CC1)N(C)C(=O)C1(CC(F)(F)F)CCCN21. The van der Waals surface area contributed by atoms with Gasteiger partial charge >= 0.3 is 6.18 Å². The minimum Gasteiger partial charge on any atom is -0.340 e. The summed E-state index contributed by atoms with van der Waals surface area (Å²) in [6.07, 6.45) is 1.68. The molecule has 2 saturated heterocycles. The van der Waals surface area contributed by atoms with Crippen LogP contribution in [0, 0.1) is 0 Å². The standard InChI is InChI=1S/C25H26F3N5O/c1-3-17-10-11-19-22(30-21(17)32-15-13-29-20(32)18-8-5-4-6-9-18)33-14-7-12-24(33,16-25(26,27)28)23(34)31(19)2/h4-6,8-9,11,13,15H,3,7,10,12,14,16H2,1-2H3. The van der Waals surface area contributed by atoms with E-state index in [1.165, 1.54) is 4.90 Å². The second-order valence-electron chi connectivity index (χ2n) is 8.94. The molecule has 0 bridgehead atoms. The first kappa shape index (κ1) is 22.4. The van der Waals surface area contributed by atoms with Crippen LogP contribution in [0.3, 0.4) is 0 Å². The molecule has 1 unspecified atom stereocenters. The largest absolute Gasteiger partial charge is 0.391 e. The first-order valence-electron chi connectivity index (χ1n) is 11.5. The summed E-state index contributed by atoms with van der Waals surface area (Å²) in [5.74, 6) is 1.27. The Morgan fingerprint density at radius 3 is 2.65 bits per heavy atom. The maximum absolute atomic E-state index is 13.7. The number of imidazole rings is 1. The third kappa shape index (κ3) is 3.54. The molecule has 1 atom stereocenters. The molecule has 0 spiro atoms. The summed E-state index contributed by atoms with van der Waals surface area (Å²) in [6, 6.07) is 9.71. The number of halogens is 3. The van der Waals surface area contributed by atoms with E-state index < -0.39 is 24.0 Å². The molecule has 1 aromatic carbocycles. The van der Waals surface area contributed by atoms with Gasteiger partial charge in [-0.1, -0.05) is 43.3 Å². The second-order valence-corrected chi connectivity index (χ2v) is 8.94. The third-order valence-corrected chi connectivity index (χ3v) is 6.93. The van der Waals surface area contributed by atoms with Crippen molar-refractivity contribution in [3.8, 4) is 11.4 Å². The summed E-state index contributed by atoms with van der Waals surface area (Å²) in [4.78, 5) is 25.8. The molecule has 3 aliphatic rings. The Kier molecular flexibility index (Phi) is 5.37. The zero-order valence-electron chi connectivity index (χ0n) is 19.1. The van der Waals surface area contributed by atoms with Gasteiger partial charge in [-0.25, -0.2) is 9.98 Å². The van der Waals surface area contributed by atoms with Crippen molar-refractivity contribution in [1.29, 1.82) is 0 Å². The monoisotopic (exact) mass is 469 g/mol. The molecule has 0 N–H and O–H groups in total. The number of nitrogens with zero attached hydrogens (tertiary/aromatic N) is 5. The molecule has 9 heteroatoms. The Morgan fingerprint density at radius 1 is 1.18 bits per heavy atom. The van der Waals surface area contributed by atoms with Crippen LogP contribution in [0.2, 0.25) is 0 Å². The van der Waals surface area contributed by atoms with Crippen molar-refractivity contribution in [2.75, 3.05) is 13.6 Å². The number of rotatable bonds is 4. The van der Waals surface area contributed by atoms with Gasteiger partial charge in [-0.15, -0.1) is 0 Å². The Balaban J connectivity index is 1.67. The van der Waals surface area contributed by atoms with Gasteiger partial charge in [0.15, 0.2) is 5.84 Å². The molecule has 2 aromatic rings. The highest BCUT2D eigenvalue weighted by Crippen LogP contribution is 2.45. The van der Waals surface area contributed by atoms with Crippen LogP contribution in [0.4, 0.5) is 13.2 Å². The number of hydrogen-bond acceptors (Lipinski definition) is 4. The number of amidine groups is 1. The van der Waals surface area contributed by atoms with Crippen LogP contribution in [0.5, 0.6) is 0 Å². The fraction of sp³-hybridized carbons (Fsp3) is 0.400. The molecule has 6 nitrogen and oxygen atoms in total. The Bertz CT molecular complexity index is 1210. The average molecular weight is 470 g/mol. The van der Waals surface area contributed by atoms with Crippen LogP contribution in [0.15, 0.2) is 65.1 Å². The van der Waals surface area contributed by atoms with Crippen molar-refractivity contribution in [3.05, 3.63) is 60.1 Å². The Hall–Kier alpha value is -3.36. The number of likely N-dealkylation sites (N-methyl/N-ethyl adjacent to an activating group) is 1. The fourth-order valence-electron chi connectivity index (χ4n) is 5.35. The summed E-state index contributed by atoms with van der Waals surface area (Å²) in [5.41, 5.74) is 0.844. The van der Waals surface area contributed by atoms with Gasteiger partial charge in [-0.3, -0.25) is 9.36 Å². The minimum absolute atomic E-state index is 0.155. The summed E-state index contributed by atoms with van der Waals surface area (Å²) in [7, 11) is 1.56. The summed E-state index contributed by atoms with van der Waals surface area (Å²) in [6.45, 7) is 2.39. The van der Waals surface area contributed by atoms with E-state index in [0.29, 0.717) is 49.0 Å². The normalized spacial score (nSPS) is 22.9. The highest BCUT2D eigenvalue weighted by Gasteiger charge is 2.59. The first-order valence-corrected chi connectivity index (χ1v) is 11.5. The number of carbonyl (C=O) groups is 1. The quantitative estimate of drug-likeness (QED) is 0.628. The van der Waals surface area contributed by atoms with Gasteiger partial charge < -0.3 is 9.80 Å². The fourth-order valence-corrected chi connectivity index (χ4v) is 5.35. The van der Waals surface area contributed by atoms with E-state index in [4.69, 9.17) is 4.99 Å². The van der Waals surface area contributed by atoms with E-state index in [0.717, 1.165) is 11.1 Å². The maximum atomic E-state index is 13.7. The molecule has 0 aliphatic carbocycles. The average Bonchev–Trinajstić information content (AvgIpc) is 3.41. The number of benzene rings is 1. The number of aromatic nitrogens is 2. The molecule has 5 rings (SSSR count). The number of allylic oxidation sites excluding steroid dienone is 2. The lowest BCUT2D eigenvalue weighted by atomic mass is 9.87. The number of hydrogen-bond donors (Lipinski definition) is 0. The molecule has 0 saturated carbocycles. The molecule has 1 amide bonds. The molecule has 34 heavy (non-hydrogen) atoms. The van der Waals surface area contributed by atoms with Gasteiger partial charge in [-0.2, -0.15) is 13.2 Å². The summed E-state index contributed by atoms with van der Waals surface area (Å²) in [5, 5.41) is 0. The Morgan fingerprint density at radius 2 is 1.94 bits per heavy atom. The van der Waals surface area contributed by atoms with Crippen LogP contribution in [-0.2, 0) is 4.79 Å².